The van der Waals surface area contributed by atoms with E-state index in [4.69, 9.17) is 10.5 Å². The molecular formula is C15H22N4O2. The highest BCUT2D eigenvalue weighted by atomic mass is 16.5. The lowest BCUT2D eigenvalue weighted by Crippen LogP contribution is -2.29. The van der Waals surface area contributed by atoms with Gasteiger partial charge in [0.05, 0.1) is 12.3 Å². The fraction of sp³-hybridized carbons (Fsp3) is 0.600. The van der Waals surface area contributed by atoms with Gasteiger partial charge in [0.15, 0.2) is 0 Å². The first-order chi connectivity index (χ1) is 10.2. The molecule has 2 fully saturated rings. The highest BCUT2D eigenvalue weighted by molar-refractivity contribution is 5.80. The van der Waals surface area contributed by atoms with Gasteiger partial charge >= 0.3 is 0 Å². The molecule has 21 heavy (non-hydrogen) atoms. The number of aromatic nitrogens is 1. The third-order valence-corrected chi connectivity index (χ3v) is 3.72. The summed E-state index contributed by atoms with van der Waals surface area (Å²) in [5.41, 5.74) is 6.42. The summed E-state index contributed by atoms with van der Waals surface area (Å²) < 4.78 is 5.64. The molecule has 1 aromatic heterocycles. The van der Waals surface area contributed by atoms with Gasteiger partial charge in [0.1, 0.15) is 5.82 Å². The molecule has 1 aromatic rings. The van der Waals surface area contributed by atoms with Crippen LogP contribution >= 0.6 is 0 Å². The van der Waals surface area contributed by atoms with Crippen molar-refractivity contribution in [3.05, 3.63) is 12.1 Å². The number of nitrogens with zero attached hydrogens (tertiary/aromatic N) is 1. The maximum atomic E-state index is 11.5. The normalized spacial score (nSPS) is 17.3. The molecule has 0 radical (unpaired) electrons. The second kappa shape index (κ2) is 6.20. The lowest BCUT2D eigenvalue weighted by Gasteiger charge is -2.11. The molecule has 0 bridgehead atoms. The summed E-state index contributed by atoms with van der Waals surface area (Å²) in [4.78, 5) is 15.8. The zero-order valence-electron chi connectivity index (χ0n) is 12.1. The number of carbonyl (C=O) groups is 1. The largest absolute Gasteiger partial charge is 0.476 e. The number of rotatable bonds is 8. The zero-order valence-corrected chi connectivity index (χ0v) is 12.1. The van der Waals surface area contributed by atoms with E-state index in [1.54, 1.807) is 6.07 Å². The lowest BCUT2D eigenvalue weighted by atomic mass is 10.4. The molecule has 3 rings (SSSR count). The SMILES string of the molecule is Nc1ccc(NCCNC(=O)C2CC2)nc1OCC1CC1. The average molecular weight is 290 g/mol. The Labute approximate surface area is 124 Å². The van der Waals surface area contributed by atoms with Crippen LogP contribution in [0, 0.1) is 11.8 Å². The van der Waals surface area contributed by atoms with E-state index >= 15 is 0 Å². The molecule has 2 aliphatic carbocycles. The molecule has 1 amide bonds. The van der Waals surface area contributed by atoms with E-state index in [0.29, 0.717) is 37.2 Å². The highest BCUT2D eigenvalue weighted by Crippen LogP contribution is 2.30. The lowest BCUT2D eigenvalue weighted by molar-refractivity contribution is -0.122. The number of amides is 1. The Kier molecular flexibility index (Phi) is 4.13. The number of nitrogens with two attached hydrogens (primary N) is 1. The number of ether oxygens (including phenoxy) is 1. The van der Waals surface area contributed by atoms with Crippen LogP contribution in [0.5, 0.6) is 5.88 Å². The molecule has 0 saturated heterocycles. The predicted octanol–water partition coefficient (Wildman–Crippen LogP) is 1.39. The number of hydrogen-bond donors (Lipinski definition) is 3. The van der Waals surface area contributed by atoms with E-state index in [-0.39, 0.29) is 11.8 Å². The number of anilines is 2. The molecule has 6 nitrogen and oxygen atoms in total. The van der Waals surface area contributed by atoms with Crippen LogP contribution in [0.3, 0.4) is 0 Å². The zero-order chi connectivity index (χ0) is 14.7. The fourth-order valence-corrected chi connectivity index (χ4v) is 2.01. The van der Waals surface area contributed by atoms with Gasteiger partial charge in [0.25, 0.3) is 0 Å². The number of pyridine rings is 1. The molecule has 0 aliphatic heterocycles. The van der Waals surface area contributed by atoms with Crippen molar-refractivity contribution in [2.45, 2.75) is 25.7 Å². The molecule has 4 N–H and O–H groups in total. The van der Waals surface area contributed by atoms with Crippen LogP contribution in [0.4, 0.5) is 11.5 Å². The molecule has 0 aromatic carbocycles. The predicted molar refractivity (Wildman–Crippen MR) is 81.1 cm³/mol. The molecule has 1 heterocycles. The van der Waals surface area contributed by atoms with Gasteiger partial charge < -0.3 is 21.1 Å². The Morgan fingerprint density at radius 3 is 2.81 bits per heavy atom. The fourth-order valence-electron chi connectivity index (χ4n) is 2.01. The van der Waals surface area contributed by atoms with E-state index in [2.05, 4.69) is 15.6 Å². The summed E-state index contributed by atoms with van der Waals surface area (Å²) in [6.45, 7) is 1.93. The quantitative estimate of drug-likeness (QED) is 0.630. The third kappa shape index (κ3) is 4.24. The minimum atomic E-state index is 0.163. The molecule has 0 unspecified atom stereocenters. The molecule has 0 atom stereocenters. The van der Waals surface area contributed by atoms with Gasteiger partial charge in [-0.05, 0) is 43.7 Å². The van der Waals surface area contributed by atoms with Crippen LogP contribution in [-0.4, -0.2) is 30.6 Å². The van der Waals surface area contributed by atoms with Crippen molar-refractivity contribution in [3.8, 4) is 5.88 Å². The minimum absolute atomic E-state index is 0.163. The summed E-state index contributed by atoms with van der Waals surface area (Å²) in [6.07, 6.45) is 4.53. The molecule has 114 valence electrons. The molecule has 6 heteroatoms. The van der Waals surface area contributed by atoms with Crippen molar-refractivity contribution >= 4 is 17.4 Å². The van der Waals surface area contributed by atoms with E-state index in [9.17, 15) is 4.79 Å². The second-order valence-electron chi connectivity index (χ2n) is 5.84. The first-order valence-corrected chi connectivity index (χ1v) is 7.63. The minimum Gasteiger partial charge on any atom is -0.476 e. The summed E-state index contributed by atoms with van der Waals surface area (Å²) in [5, 5.41) is 6.07. The van der Waals surface area contributed by atoms with Crippen LogP contribution in [0.25, 0.3) is 0 Å². The molecule has 2 saturated carbocycles. The van der Waals surface area contributed by atoms with Gasteiger partial charge in [0.2, 0.25) is 11.8 Å². The monoisotopic (exact) mass is 290 g/mol. The van der Waals surface area contributed by atoms with E-state index in [1.807, 2.05) is 6.07 Å². The Morgan fingerprint density at radius 2 is 2.10 bits per heavy atom. The van der Waals surface area contributed by atoms with Gasteiger partial charge in [-0.1, -0.05) is 0 Å². The maximum Gasteiger partial charge on any atom is 0.239 e. The van der Waals surface area contributed by atoms with E-state index in [1.165, 1.54) is 12.8 Å². The first-order valence-electron chi connectivity index (χ1n) is 7.63. The van der Waals surface area contributed by atoms with Gasteiger partial charge in [-0.2, -0.15) is 4.98 Å². The van der Waals surface area contributed by atoms with Crippen molar-refractivity contribution in [2.75, 3.05) is 30.7 Å². The smallest absolute Gasteiger partial charge is 0.239 e. The Hall–Kier alpha value is -1.98. The summed E-state index contributed by atoms with van der Waals surface area (Å²) in [7, 11) is 0. The number of nitrogens with one attached hydrogen (secondary N) is 2. The van der Waals surface area contributed by atoms with Crippen molar-refractivity contribution in [2.24, 2.45) is 11.8 Å². The van der Waals surface area contributed by atoms with Crippen LogP contribution in [-0.2, 0) is 4.79 Å². The summed E-state index contributed by atoms with van der Waals surface area (Å²) in [5.74, 6) is 2.29. The van der Waals surface area contributed by atoms with E-state index in [0.717, 1.165) is 18.7 Å². The molecular weight excluding hydrogens is 268 g/mol. The topological polar surface area (TPSA) is 89.3 Å². The van der Waals surface area contributed by atoms with Crippen LogP contribution in [0.1, 0.15) is 25.7 Å². The van der Waals surface area contributed by atoms with Crippen LogP contribution in [0.15, 0.2) is 12.1 Å². The number of nitrogen functional groups attached to an aromatic ring is 1. The van der Waals surface area contributed by atoms with Crippen molar-refractivity contribution in [1.82, 2.24) is 10.3 Å². The van der Waals surface area contributed by atoms with Gasteiger partial charge in [-0.15, -0.1) is 0 Å². The van der Waals surface area contributed by atoms with Gasteiger partial charge in [0, 0.05) is 19.0 Å². The highest BCUT2D eigenvalue weighted by Gasteiger charge is 2.29. The number of hydrogen-bond acceptors (Lipinski definition) is 5. The number of carbonyl (C=O) groups excluding carboxylic acids is 1. The average Bonchev–Trinajstić information content (AvgIpc) is 3.37. The Bertz CT molecular complexity index is 512. The molecule has 0 spiro atoms. The third-order valence-electron chi connectivity index (χ3n) is 3.72. The van der Waals surface area contributed by atoms with Gasteiger partial charge in [-0.3, -0.25) is 4.79 Å². The summed E-state index contributed by atoms with van der Waals surface area (Å²) in [6, 6.07) is 3.61. The Balaban J connectivity index is 1.43. The second-order valence-corrected chi connectivity index (χ2v) is 5.84. The first kappa shape index (κ1) is 14.0. The molecule has 2 aliphatic rings. The van der Waals surface area contributed by atoms with Crippen LogP contribution < -0.4 is 21.1 Å². The van der Waals surface area contributed by atoms with Gasteiger partial charge in [-0.25, -0.2) is 0 Å². The van der Waals surface area contributed by atoms with E-state index < -0.39 is 0 Å². The van der Waals surface area contributed by atoms with Crippen molar-refractivity contribution in [1.29, 1.82) is 0 Å². The van der Waals surface area contributed by atoms with Crippen molar-refractivity contribution < 1.29 is 9.53 Å². The Morgan fingerprint density at radius 1 is 1.29 bits per heavy atom. The van der Waals surface area contributed by atoms with Crippen LogP contribution in [0.2, 0.25) is 0 Å². The summed E-state index contributed by atoms with van der Waals surface area (Å²) >= 11 is 0. The standard InChI is InChI=1S/C15H22N4O2/c16-12-5-6-13(19-15(12)21-9-10-1-2-10)17-7-8-18-14(20)11-3-4-11/h5-6,10-11H,1-4,7-9,16H2,(H,17,19)(H,18,20). The maximum absolute atomic E-state index is 11.5. The van der Waals surface area contributed by atoms with Crippen molar-refractivity contribution in [3.63, 3.8) is 0 Å².